The van der Waals surface area contributed by atoms with Crippen molar-refractivity contribution < 1.29 is 0 Å². The summed E-state index contributed by atoms with van der Waals surface area (Å²) in [5.41, 5.74) is 11.7. The SMILES string of the molecule is c1ccc(-c2cccc(-c3nc(-c4cc(-n5c6cc7ccccc7cc6c6cc7ccccc7cc65)c5c(c4)sc4c6ccccc6ccc45)nc(-c4ccc5c6ccccc6n(-c6ccccc6)c5c4)n3)c2)cc1. The van der Waals surface area contributed by atoms with Crippen LogP contribution in [0.25, 0.3) is 153 Å². The lowest BCUT2D eigenvalue weighted by Gasteiger charge is -2.15. The van der Waals surface area contributed by atoms with Gasteiger partial charge in [0.05, 0.1) is 27.8 Å². The fourth-order valence-corrected chi connectivity index (χ4v) is 13.1. The molecule has 75 heavy (non-hydrogen) atoms. The van der Waals surface area contributed by atoms with E-state index in [1.165, 1.54) is 69.3 Å². The smallest absolute Gasteiger partial charge is 0.164 e. The van der Waals surface area contributed by atoms with Crippen LogP contribution in [0.3, 0.4) is 0 Å². The van der Waals surface area contributed by atoms with E-state index in [0.717, 1.165) is 66.0 Å². The monoisotopic (exact) mass is 971 g/mol. The van der Waals surface area contributed by atoms with E-state index < -0.39 is 0 Å². The lowest BCUT2D eigenvalue weighted by molar-refractivity contribution is 1.07. The van der Waals surface area contributed by atoms with Crippen LogP contribution in [-0.4, -0.2) is 24.1 Å². The normalized spacial score (nSPS) is 12.0. The Hall–Kier alpha value is -9.75. The Balaban J connectivity index is 1.00. The van der Waals surface area contributed by atoms with Gasteiger partial charge in [-0.25, -0.2) is 15.0 Å². The van der Waals surface area contributed by atoms with E-state index in [1.807, 2.05) is 11.3 Å². The third-order valence-electron chi connectivity index (χ3n) is 15.3. The van der Waals surface area contributed by atoms with E-state index >= 15 is 0 Å². The number of benzene rings is 12. The number of nitrogens with zero attached hydrogens (tertiary/aromatic N) is 5. The van der Waals surface area contributed by atoms with Gasteiger partial charge in [-0.05, 0) is 110 Å². The average Bonchev–Trinajstić information content (AvgIpc) is 4.18. The largest absolute Gasteiger partial charge is 0.309 e. The molecule has 0 saturated heterocycles. The molecule has 0 unspecified atom stereocenters. The zero-order chi connectivity index (χ0) is 49.1. The first-order valence-corrected chi connectivity index (χ1v) is 26.2. The van der Waals surface area contributed by atoms with Gasteiger partial charge in [0.15, 0.2) is 17.5 Å². The molecular formula is C69H41N5S. The van der Waals surface area contributed by atoms with Crippen LogP contribution in [0.5, 0.6) is 0 Å². The summed E-state index contributed by atoms with van der Waals surface area (Å²) in [4.78, 5) is 16.5. The van der Waals surface area contributed by atoms with Crippen molar-refractivity contribution in [1.82, 2.24) is 24.1 Å². The van der Waals surface area contributed by atoms with E-state index in [2.05, 4.69) is 258 Å². The molecule has 0 saturated carbocycles. The standard InChI is InChI=1S/C69H41N5S/c1-3-16-42(17-4-1)44-23-15-24-49(34-44)67-70-68(50-31-32-55-54-28-13-14-29-59(54)73(60(55)39-50)52-25-5-2-6-26-52)72-69(71-67)51-40-63(65-56-33-30-43-18-11-12-27-53(43)66(56)75-64(65)41-51)74-61-37-47-21-9-7-19-45(47)35-57(61)58-36-46-20-8-10-22-48(46)38-62(58)74/h1-41H. The van der Waals surface area contributed by atoms with Crippen molar-refractivity contribution in [3.05, 3.63) is 249 Å². The lowest BCUT2D eigenvalue weighted by atomic mass is 10.0. The van der Waals surface area contributed by atoms with E-state index in [1.54, 1.807) is 0 Å². The van der Waals surface area contributed by atoms with Crippen LogP contribution in [0.1, 0.15) is 0 Å². The minimum atomic E-state index is 0.602. The maximum absolute atomic E-state index is 5.55. The van der Waals surface area contributed by atoms with Gasteiger partial charge in [-0.3, -0.25) is 0 Å². The Bertz CT molecular complexity index is 4920. The number of aromatic nitrogens is 5. The van der Waals surface area contributed by atoms with Crippen molar-refractivity contribution in [1.29, 1.82) is 0 Å². The summed E-state index contributed by atoms with van der Waals surface area (Å²) in [6, 6.07) is 89.9. The minimum Gasteiger partial charge on any atom is -0.309 e. The maximum Gasteiger partial charge on any atom is 0.164 e. The summed E-state index contributed by atoms with van der Waals surface area (Å²) in [5.74, 6) is 1.81. The highest BCUT2D eigenvalue weighted by Gasteiger charge is 2.23. The van der Waals surface area contributed by atoms with Crippen molar-refractivity contribution in [2.45, 2.75) is 0 Å². The molecule has 0 bridgehead atoms. The summed E-state index contributed by atoms with van der Waals surface area (Å²) in [7, 11) is 0. The molecule has 0 aliphatic carbocycles. The first kappa shape index (κ1) is 41.8. The highest BCUT2D eigenvalue weighted by molar-refractivity contribution is 7.26. The molecule has 6 heteroatoms. The Morgan fingerprint density at radius 3 is 1.51 bits per heavy atom. The molecule has 4 aromatic heterocycles. The quantitative estimate of drug-likeness (QED) is 0.167. The van der Waals surface area contributed by atoms with Gasteiger partial charge in [-0.1, -0.05) is 182 Å². The predicted octanol–water partition coefficient (Wildman–Crippen LogP) is 18.6. The van der Waals surface area contributed by atoms with Crippen LogP contribution < -0.4 is 0 Å². The molecule has 0 aliphatic rings. The minimum absolute atomic E-state index is 0.602. The summed E-state index contributed by atoms with van der Waals surface area (Å²) >= 11 is 1.84. The Kier molecular flexibility index (Phi) is 9.14. The van der Waals surface area contributed by atoms with Gasteiger partial charge in [0.25, 0.3) is 0 Å². The first-order chi connectivity index (χ1) is 37.1. The van der Waals surface area contributed by atoms with Crippen LogP contribution in [-0.2, 0) is 0 Å². The van der Waals surface area contributed by atoms with Crippen LogP contribution in [0.4, 0.5) is 0 Å². The van der Waals surface area contributed by atoms with Gasteiger partial charge in [-0.2, -0.15) is 0 Å². The molecule has 4 heterocycles. The van der Waals surface area contributed by atoms with E-state index in [9.17, 15) is 0 Å². The van der Waals surface area contributed by atoms with Gasteiger partial charge in [0.1, 0.15) is 0 Å². The van der Waals surface area contributed by atoms with E-state index in [0.29, 0.717) is 17.5 Å². The van der Waals surface area contributed by atoms with Gasteiger partial charge >= 0.3 is 0 Å². The Morgan fingerprint density at radius 1 is 0.280 bits per heavy atom. The molecule has 12 aromatic carbocycles. The second kappa shape index (κ2) is 16.4. The molecular weight excluding hydrogens is 931 g/mol. The van der Waals surface area contributed by atoms with Crippen molar-refractivity contribution in [3.63, 3.8) is 0 Å². The number of rotatable bonds is 6. The van der Waals surface area contributed by atoms with Crippen molar-refractivity contribution in [3.8, 4) is 56.7 Å². The fraction of sp³-hybridized carbons (Fsp3) is 0. The number of hydrogen-bond donors (Lipinski definition) is 0. The van der Waals surface area contributed by atoms with Crippen LogP contribution in [0.2, 0.25) is 0 Å². The lowest BCUT2D eigenvalue weighted by Crippen LogP contribution is -2.02. The number of fused-ring (bicyclic) bond motifs is 13. The zero-order valence-electron chi connectivity index (χ0n) is 40.3. The molecule has 0 fully saturated rings. The fourth-order valence-electron chi connectivity index (χ4n) is 11.8. The number of hydrogen-bond acceptors (Lipinski definition) is 4. The number of para-hydroxylation sites is 2. The molecule has 16 aromatic rings. The second-order valence-electron chi connectivity index (χ2n) is 19.6. The van der Waals surface area contributed by atoms with Crippen LogP contribution in [0.15, 0.2) is 249 Å². The van der Waals surface area contributed by atoms with Gasteiger partial charge in [-0.15, -0.1) is 11.3 Å². The van der Waals surface area contributed by atoms with Gasteiger partial charge in [0, 0.05) is 64.1 Å². The maximum atomic E-state index is 5.55. The zero-order valence-corrected chi connectivity index (χ0v) is 41.1. The van der Waals surface area contributed by atoms with Gasteiger partial charge < -0.3 is 9.13 Å². The molecule has 16 rings (SSSR count). The van der Waals surface area contributed by atoms with Crippen molar-refractivity contribution in [2.24, 2.45) is 0 Å². The van der Waals surface area contributed by atoms with Crippen LogP contribution >= 0.6 is 11.3 Å². The van der Waals surface area contributed by atoms with Gasteiger partial charge in [0.2, 0.25) is 0 Å². The highest BCUT2D eigenvalue weighted by Crippen LogP contribution is 2.47. The molecule has 0 amide bonds. The highest BCUT2D eigenvalue weighted by atomic mass is 32.1. The molecule has 0 N–H and O–H groups in total. The molecule has 0 aliphatic heterocycles. The van der Waals surface area contributed by atoms with E-state index in [-0.39, 0.29) is 0 Å². The third-order valence-corrected chi connectivity index (χ3v) is 16.4. The number of thiophene rings is 1. The van der Waals surface area contributed by atoms with Crippen molar-refractivity contribution >= 4 is 107 Å². The summed E-state index contributed by atoms with van der Waals surface area (Å²) in [6.45, 7) is 0. The molecule has 0 radical (unpaired) electrons. The molecule has 5 nitrogen and oxygen atoms in total. The van der Waals surface area contributed by atoms with Crippen LogP contribution in [0, 0.1) is 0 Å². The topological polar surface area (TPSA) is 48.5 Å². The first-order valence-electron chi connectivity index (χ1n) is 25.4. The molecule has 0 spiro atoms. The molecule has 0 atom stereocenters. The average molecular weight is 972 g/mol. The third kappa shape index (κ3) is 6.60. The summed E-state index contributed by atoms with van der Waals surface area (Å²) in [5, 5.41) is 14.5. The Morgan fingerprint density at radius 2 is 0.800 bits per heavy atom. The van der Waals surface area contributed by atoms with E-state index in [4.69, 9.17) is 15.0 Å². The summed E-state index contributed by atoms with van der Waals surface area (Å²) < 4.78 is 7.28. The summed E-state index contributed by atoms with van der Waals surface area (Å²) in [6.07, 6.45) is 0. The Labute approximate surface area is 434 Å². The molecule has 348 valence electrons. The second-order valence-corrected chi connectivity index (χ2v) is 20.6. The van der Waals surface area contributed by atoms with Crippen molar-refractivity contribution in [2.75, 3.05) is 0 Å². The predicted molar refractivity (Wildman–Crippen MR) is 316 cm³/mol.